The third-order valence-corrected chi connectivity index (χ3v) is 9.77. The molecule has 0 aromatic rings. The topological polar surface area (TPSA) is 61.8 Å². The first-order valence-corrected chi connectivity index (χ1v) is 24.4. The summed E-state index contributed by atoms with van der Waals surface area (Å²) in [6.45, 7) is 7.45. The second-order valence-corrected chi connectivity index (χ2v) is 15.6. The van der Waals surface area contributed by atoms with Crippen molar-refractivity contribution in [2.75, 3.05) is 19.8 Å². The zero-order chi connectivity index (χ0) is 43.5. The van der Waals surface area contributed by atoms with Gasteiger partial charge in [-0.2, -0.15) is 0 Å². The third-order valence-electron chi connectivity index (χ3n) is 9.77. The van der Waals surface area contributed by atoms with Gasteiger partial charge in [-0.1, -0.05) is 182 Å². The summed E-state index contributed by atoms with van der Waals surface area (Å²) in [5.41, 5.74) is 0. The van der Waals surface area contributed by atoms with Crippen LogP contribution in [0.3, 0.4) is 0 Å². The fourth-order valence-corrected chi connectivity index (χ4v) is 6.18. The van der Waals surface area contributed by atoms with Crippen LogP contribution in [0.25, 0.3) is 0 Å². The minimum absolute atomic E-state index is 0.0490. The van der Waals surface area contributed by atoms with Crippen molar-refractivity contribution >= 4 is 11.9 Å². The van der Waals surface area contributed by atoms with Gasteiger partial charge in [-0.15, -0.1) is 0 Å². The summed E-state index contributed by atoms with van der Waals surface area (Å²) in [5, 5.41) is 0. The van der Waals surface area contributed by atoms with Crippen LogP contribution >= 0.6 is 0 Å². The molecular weight excluding hydrogens is 741 g/mol. The lowest BCUT2D eigenvalue weighted by Gasteiger charge is -2.18. The number of rotatable bonds is 43. The Bertz CT molecular complexity index is 1210. The Hall–Kier alpha value is -3.44. The summed E-state index contributed by atoms with van der Waals surface area (Å²) in [4.78, 5) is 25.3. The highest BCUT2D eigenvalue weighted by molar-refractivity contribution is 5.70. The van der Waals surface area contributed by atoms with Gasteiger partial charge in [-0.05, 0) is 116 Å². The van der Waals surface area contributed by atoms with E-state index < -0.39 is 6.10 Å². The Labute approximate surface area is 370 Å². The highest BCUT2D eigenvalue weighted by Crippen LogP contribution is 2.12. The van der Waals surface area contributed by atoms with Crippen molar-refractivity contribution in [2.24, 2.45) is 0 Å². The molecule has 0 fully saturated rings. The lowest BCUT2D eigenvalue weighted by atomic mass is 10.1. The average Bonchev–Trinajstić information content (AvgIpc) is 3.25. The molecule has 0 amide bonds. The number of hydrogen-bond acceptors (Lipinski definition) is 5. The van der Waals surface area contributed by atoms with Gasteiger partial charge in [-0.3, -0.25) is 9.59 Å². The molecule has 1 atom stereocenters. The van der Waals surface area contributed by atoms with Crippen molar-refractivity contribution in [1.29, 1.82) is 0 Å². The summed E-state index contributed by atoms with van der Waals surface area (Å²) < 4.78 is 17.3. The highest BCUT2D eigenvalue weighted by Gasteiger charge is 2.17. The van der Waals surface area contributed by atoms with Crippen LogP contribution < -0.4 is 0 Å². The normalized spacial score (nSPS) is 13.2. The van der Waals surface area contributed by atoms with E-state index >= 15 is 0 Å². The zero-order valence-corrected chi connectivity index (χ0v) is 38.9. The van der Waals surface area contributed by atoms with Crippen molar-refractivity contribution in [3.8, 4) is 0 Å². The van der Waals surface area contributed by atoms with Crippen LogP contribution in [-0.4, -0.2) is 37.9 Å². The molecule has 5 heteroatoms. The van der Waals surface area contributed by atoms with E-state index in [4.69, 9.17) is 14.2 Å². The van der Waals surface area contributed by atoms with Gasteiger partial charge in [0.1, 0.15) is 6.61 Å². The van der Waals surface area contributed by atoms with Gasteiger partial charge in [0.25, 0.3) is 0 Å². The molecule has 0 aliphatic heterocycles. The molecule has 0 bridgehead atoms. The quantitative estimate of drug-likeness (QED) is 0.0348. The zero-order valence-electron chi connectivity index (χ0n) is 38.9. The predicted octanol–water partition coefficient (Wildman–Crippen LogP) is 16.4. The Morgan fingerprint density at radius 1 is 0.383 bits per heavy atom. The molecule has 0 aromatic heterocycles. The van der Waals surface area contributed by atoms with Crippen LogP contribution in [0, 0.1) is 0 Å². The Morgan fingerprint density at radius 3 is 1.23 bits per heavy atom. The molecule has 5 nitrogen and oxygen atoms in total. The first-order valence-electron chi connectivity index (χ1n) is 24.4. The average molecular weight is 831 g/mol. The fraction of sp³-hybridized carbons (Fsp3) is 0.636. The first-order chi connectivity index (χ1) is 29.6. The molecule has 60 heavy (non-hydrogen) atoms. The number of carbonyl (C=O) groups is 2. The van der Waals surface area contributed by atoms with E-state index in [2.05, 4.69) is 130 Å². The van der Waals surface area contributed by atoms with E-state index in [1.54, 1.807) is 0 Å². The van der Waals surface area contributed by atoms with Gasteiger partial charge >= 0.3 is 11.9 Å². The maximum absolute atomic E-state index is 12.7. The largest absolute Gasteiger partial charge is 0.462 e. The molecule has 0 N–H and O–H groups in total. The predicted molar refractivity (Wildman–Crippen MR) is 260 cm³/mol. The molecule has 0 aliphatic rings. The highest BCUT2D eigenvalue weighted by atomic mass is 16.6. The van der Waals surface area contributed by atoms with Gasteiger partial charge < -0.3 is 14.2 Å². The van der Waals surface area contributed by atoms with Gasteiger partial charge in [0.05, 0.1) is 6.61 Å². The van der Waals surface area contributed by atoms with Gasteiger partial charge in [0, 0.05) is 19.4 Å². The van der Waals surface area contributed by atoms with Crippen LogP contribution in [0.2, 0.25) is 0 Å². The van der Waals surface area contributed by atoms with Crippen molar-refractivity contribution in [3.63, 3.8) is 0 Å². The van der Waals surface area contributed by atoms with Gasteiger partial charge in [0.15, 0.2) is 6.10 Å². The molecule has 0 heterocycles. The molecule has 0 saturated carbocycles. The van der Waals surface area contributed by atoms with E-state index in [9.17, 15) is 9.59 Å². The molecule has 340 valence electrons. The third kappa shape index (κ3) is 47.2. The molecule has 0 radical (unpaired) electrons. The first kappa shape index (κ1) is 56.6. The van der Waals surface area contributed by atoms with Crippen LogP contribution in [0.5, 0.6) is 0 Å². The lowest BCUT2D eigenvalue weighted by Crippen LogP contribution is -2.30. The van der Waals surface area contributed by atoms with Crippen LogP contribution in [0.4, 0.5) is 0 Å². The standard InChI is InChI=1S/C55H90O5/c1-4-7-10-13-16-19-22-24-26-27-28-29-30-31-34-36-39-42-45-48-54(56)59-52-53(60-55(57)49-46-43-40-37-33-21-18-15-12-9-6-3)51-58-50-47-44-41-38-35-32-25-23-20-17-14-11-8-5-2/h7-8,10-11,15-20,24-26,28-29,31-32,34,53H,4-6,9,12-14,21-23,27,30,33,35-52H2,1-3H3/b10-7-,11-8-,18-15-,19-16-,20-17-,26-24-,29-28-,32-25-,34-31-. The van der Waals surface area contributed by atoms with E-state index in [1.165, 1.54) is 44.9 Å². The van der Waals surface area contributed by atoms with E-state index in [1.807, 2.05) is 0 Å². The molecule has 1 unspecified atom stereocenters. The van der Waals surface area contributed by atoms with Crippen LogP contribution in [-0.2, 0) is 23.8 Å². The van der Waals surface area contributed by atoms with E-state index in [0.717, 1.165) is 122 Å². The molecule has 0 saturated heterocycles. The molecule has 0 rings (SSSR count). The summed E-state index contributed by atoms with van der Waals surface area (Å²) in [7, 11) is 0. The summed E-state index contributed by atoms with van der Waals surface area (Å²) in [6, 6.07) is 0. The molecule has 0 aromatic carbocycles. The van der Waals surface area contributed by atoms with Crippen molar-refractivity contribution in [3.05, 3.63) is 109 Å². The monoisotopic (exact) mass is 831 g/mol. The Kier molecular flexibility index (Phi) is 47.1. The van der Waals surface area contributed by atoms with Crippen molar-refractivity contribution in [2.45, 2.75) is 207 Å². The molecule has 0 spiro atoms. The molecule has 0 aliphatic carbocycles. The lowest BCUT2D eigenvalue weighted by molar-refractivity contribution is -0.163. The smallest absolute Gasteiger partial charge is 0.306 e. The fourth-order valence-electron chi connectivity index (χ4n) is 6.18. The number of ether oxygens (including phenoxy) is 3. The van der Waals surface area contributed by atoms with Gasteiger partial charge in [0.2, 0.25) is 0 Å². The number of carbonyl (C=O) groups excluding carboxylic acids is 2. The van der Waals surface area contributed by atoms with Gasteiger partial charge in [-0.25, -0.2) is 0 Å². The van der Waals surface area contributed by atoms with Crippen molar-refractivity contribution < 1.29 is 23.8 Å². The number of allylic oxidation sites excluding steroid dienone is 18. The van der Waals surface area contributed by atoms with E-state index in [0.29, 0.717) is 19.4 Å². The molecular formula is C55H90O5. The van der Waals surface area contributed by atoms with E-state index in [-0.39, 0.29) is 25.2 Å². The number of hydrogen-bond donors (Lipinski definition) is 0. The second kappa shape index (κ2) is 49.9. The summed E-state index contributed by atoms with van der Waals surface area (Å²) in [5.74, 6) is -0.467. The van der Waals surface area contributed by atoms with Crippen LogP contribution in [0.1, 0.15) is 201 Å². The minimum atomic E-state index is -0.571. The maximum atomic E-state index is 12.7. The number of unbranched alkanes of at least 4 members (excludes halogenated alkanes) is 14. The van der Waals surface area contributed by atoms with Crippen molar-refractivity contribution in [1.82, 2.24) is 0 Å². The summed E-state index contributed by atoms with van der Waals surface area (Å²) in [6.07, 6.45) is 68.1. The minimum Gasteiger partial charge on any atom is -0.462 e. The maximum Gasteiger partial charge on any atom is 0.306 e. The second-order valence-electron chi connectivity index (χ2n) is 15.6. The Balaban J connectivity index is 4.36. The SMILES string of the molecule is CC/C=C\C/C=C\C/C=C\C/C=C\C/C=C\CCCCCC(=O)OCC(COCCCCCC/C=C\C/C=C\C/C=C\CC)OC(=O)CCCCCCC/C=C\CCCC. The van der Waals surface area contributed by atoms with Crippen LogP contribution in [0.15, 0.2) is 109 Å². The number of esters is 2. The summed E-state index contributed by atoms with van der Waals surface area (Å²) >= 11 is 0. The Morgan fingerprint density at radius 2 is 0.750 bits per heavy atom.